The minimum atomic E-state index is -1.40. The van der Waals surface area contributed by atoms with Crippen molar-refractivity contribution in [3.63, 3.8) is 0 Å². The quantitative estimate of drug-likeness (QED) is 0.561. The van der Waals surface area contributed by atoms with E-state index in [2.05, 4.69) is 10.6 Å². The van der Waals surface area contributed by atoms with Gasteiger partial charge in [-0.15, -0.1) is 0 Å². The molecule has 1 aliphatic rings. The summed E-state index contributed by atoms with van der Waals surface area (Å²) in [5.41, 5.74) is 0. The van der Waals surface area contributed by atoms with Gasteiger partial charge in [0.2, 0.25) is 0 Å². The number of carbonyl (C=O) groups excluding carboxylic acids is 1. The first-order chi connectivity index (χ1) is 9.49. The summed E-state index contributed by atoms with van der Waals surface area (Å²) in [7, 11) is 0. The lowest BCUT2D eigenvalue weighted by Gasteiger charge is -2.21. The number of rotatable bonds is 7. The molecule has 1 fully saturated rings. The Labute approximate surface area is 117 Å². The standard InChI is InChI=1S/C13H22N2O5/c16-11(17)8-10(12(18)19)15-13(20)14-7-6-9-4-2-1-3-5-9/h9-10H,1-8H2,(H,16,17)(H,18,19)(H2,14,15,20)/t10-/m0/s1. The van der Waals surface area contributed by atoms with Gasteiger partial charge < -0.3 is 20.8 Å². The first-order valence-corrected chi connectivity index (χ1v) is 6.98. The van der Waals surface area contributed by atoms with E-state index in [1.54, 1.807) is 0 Å². The van der Waals surface area contributed by atoms with Crippen LogP contribution in [-0.4, -0.2) is 40.8 Å². The lowest BCUT2D eigenvalue weighted by molar-refractivity contribution is -0.145. The van der Waals surface area contributed by atoms with Crippen molar-refractivity contribution in [1.82, 2.24) is 10.6 Å². The van der Waals surface area contributed by atoms with Gasteiger partial charge in [-0.25, -0.2) is 9.59 Å². The third-order valence-electron chi connectivity index (χ3n) is 3.55. The Morgan fingerprint density at radius 3 is 2.30 bits per heavy atom. The van der Waals surface area contributed by atoms with E-state index in [9.17, 15) is 14.4 Å². The predicted octanol–water partition coefficient (Wildman–Crippen LogP) is 1.18. The number of nitrogens with one attached hydrogen (secondary N) is 2. The molecular formula is C13H22N2O5. The maximum absolute atomic E-state index is 11.5. The van der Waals surface area contributed by atoms with Gasteiger partial charge in [0.15, 0.2) is 0 Å². The number of carboxylic acid groups (broad SMARTS) is 2. The van der Waals surface area contributed by atoms with Crippen molar-refractivity contribution < 1.29 is 24.6 Å². The van der Waals surface area contributed by atoms with Gasteiger partial charge in [-0.05, 0) is 12.3 Å². The van der Waals surface area contributed by atoms with Gasteiger partial charge in [0.25, 0.3) is 0 Å². The van der Waals surface area contributed by atoms with Crippen LogP contribution in [0.3, 0.4) is 0 Å². The summed E-state index contributed by atoms with van der Waals surface area (Å²) in [6.45, 7) is 0.482. The molecule has 7 nitrogen and oxygen atoms in total. The van der Waals surface area contributed by atoms with E-state index >= 15 is 0 Å². The second-order valence-electron chi connectivity index (χ2n) is 5.18. The van der Waals surface area contributed by atoms with Crippen LogP contribution in [0.15, 0.2) is 0 Å². The first-order valence-electron chi connectivity index (χ1n) is 6.98. The summed E-state index contributed by atoms with van der Waals surface area (Å²) < 4.78 is 0. The maximum Gasteiger partial charge on any atom is 0.326 e. The zero-order chi connectivity index (χ0) is 15.0. The maximum atomic E-state index is 11.5. The zero-order valence-electron chi connectivity index (χ0n) is 11.4. The Kier molecular flexibility index (Phi) is 6.83. The molecule has 0 spiro atoms. The molecule has 0 radical (unpaired) electrons. The molecule has 0 aliphatic heterocycles. The lowest BCUT2D eigenvalue weighted by Crippen LogP contribution is -2.47. The van der Waals surface area contributed by atoms with Gasteiger partial charge >= 0.3 is 18.0 Å². The minimum absolute atomic E-state index is 0.482. The third kappa shape index (κ3) is 6.40. The van der Waals surface area contributed by atoms with E-state index in [1.807, 2.05) is 0 Å². The highest BCUT2D eigenvalue weighted by atomic mass is 16.4. The molecule has 0 saturated heterocycles. The van der Waals surface area contributed by atoms with E-state index in [-0.39, 0.29) is 0 Å². The molecular weight excluding hydrogens is 264 g/mol. The van der Waals surface area contributed by atoms with Gasteiger partial charge in [0.05, 0.1) is 6.42 Å². The molecule has 1 aliphatic carbocycles. The zero-order valence-corrected chi connectivity index (χ0v) is 11.4. The van der Waals surface area contributed by atoms with Gasteiger partial charge in [-0.1, -0.05) is 32.1 Å². The first kappa shape index (κ1) is 16.3. The van der Waals surface area contributed by atoms with E-state index in [1.165, 1.54) is 32.1 Å². The van der Waals surface area contributed by atoms with E-state index < -0.39 is 30.4 Å². The van der Waals surface area contributed by atoms with Crippen LogP contribution in [0.25, 0.3) is 0 Å². The average Bonchev–Trinajstić information content (AvgIpc) is 2.38. The number of amides is 2. The summed E-state index contributed by atoms with van der Waals surface area (Å²) in [6.07, 6.45) is 6.35. The van der Waals surface area contributed by atoms with Crippen LogP contribution in [0.1, 0.15) is 44.9 Å². The number of carbonyl (C=O) groups is 3. The Hall–Kier alpha value is -1.79. The Morgan fingerprint density at radius 2 is 1.75 bits per heavy atom. The lowest BCUT2D eigenvalue weighted by atomic mass is 9.87. The van der Waals surface area contributed by atoms with Crippen LogP contribution in [0.4, 0.5) is 4.79 Å². The Morgan fingerprint density at radius 1 is 1.10 bits per heavy atom. The third-order valence-corrected chi connectivity index (χ3v) is 3.55. The smallest absolute Gasteiger partial charge is 0.326 e. The van der Waals surface area contributed by atoms with E-state index in [4.69, 9.17) is 10.2 Å². The number of aliphatic carboxylic acids is 2. The van der Waals surface area contributed by atoms with Crippen molar-refractivity contribution in [1.29, 1.82) is 0 Å². The van der Waals surface area contributed by atoms with Crippen molar-refractivity contribution in [3.05, 3.63) is 0 Å². The molecule has 0 unspecified atom stereocenters. The van der Waals surface area contributed by atoms with Crippen LogP contribution >= 0.6 is 0 Å². The fraction of sp³-hybridized carbons (Fsp3) is 0.769. The second-order valence-corrected chi connectivity index (χ2v) is 5.18. The molecule has 1 rings (SSSR count). The molecule has 0 aromatic rings. The van der Waals surface area contributed by atoms with Crippen LogP contribution in [0, 0.1) is 5.92 Å². The molecule has 20 heavy (non-hydrogen) atoms. The van der Waals surface area contributed by atoms with Gasteiger partial charge in [0.1, 0.15) is 6.04 Å². The summed E-state index contributed by atoms with van der Waals surface area (Å²) in [4.78, 5) is 32.8. The van der Waals surface area contributed by atoms with E-state index in [0.29, 0.717) is 12.5 Å². The van der Waals surface area contributed by atoms with Gasteiger partial charge in [0, 0.05) is 6.54 Å². The molecule has 4 N–H and O–H groups in total. The number of hydrogen-bond donors (Lipinski definition) is 4. The number of urea groups is 1. The Balaban J connectivity index is 2.23. The molecule has 1 atom stereocenters. The fourth-order valence-corrected chi connectivity index (χ4v) is 2.45. The number of hydrogen-bond acceptors (Lipinski definition) is 3. The molecule has 0 bridgehead atoms. The van der Waals surface area contributed by atoms with Crippen molar-refractivity contribution in [2.24, 2.45) is 5.92 Å². The van der Waals surface area contributed by atoms with Crippen LogP contribution in [0.2, 0.25) is 0 Å². The van der Waals surface area contributed by atoms with Crippen LogP contribution < -0.4 is 10.6 Å². The highest BCUT2D eigenvalue weighted by Gasteiger charge is 2.23. The average molecular weight is 286 g/mol. The molecule has 114 valence electrons. The van der Waals surface area contributed by atoms with Gasteiger partial charge in [-0.3, -0.25) is 4.79 Å². The highest BCUT2D eigenvalue weighted by Crippen LogP contribution is 2.25. The van der Waals surface area contributed by atoms with E-state index in [0.717, 1.165) is 6.42 Å². The largest absolute Gasteiger partial charge is 0.481 e. The summed E-state index contributed by atoms with van der Waals surface area (Å²) >= 11 is 0. The summed E-state index contributed by atoms with van der Waals surface area (Å²) in [6, 6.07) is -2.03. The highest BCUT2D eigenvalue weighted by molar-refractivity contribution is 5.86. The normalized spacial score (nSPS) is 17.2. The van der Waals surface area contributed by atoms with Crippen LogP contribution in [0.5, 0.6) is 0 Å². The summed E-state index contributed by atoms with van der Waals surface area (Å²) in [5.74, 6) is -1.99. The fourth-order valence-electron chi connectivity index (χ4n) is 2.45. The van der Waals surface area contributed by atoms with Crippen LogP contribution in [-0.2, 0) is 9.59 Å². The SMILES string of the molecule is O=C(O)C[C@H](NC(=O)NCCC1CCCCC1)C(=O)O. The monoisotopic (exact) mass is 286 g/mol. The van der Waals surface area contributed by atoms with Crippen molar-refractivity contribution in [2.75, 3.05) is 6.54 Å². The second kappa shape index (κ2) is 8.39. The van der Waals surface area contributed by atoms with Crippen molar-refractivity contribution in [2.45, 2.75) is 51.0 Å². The van der Waals surface area contributed by atoms with Gasteiger partial charge in [-0.2, -0.15) is 0 Å². The predicted molar refractivity (Wildman–Crippen MR) is 71.4 cm³/mol. The number of carboxylic acids is 2. The Bertz CT molecular complexity index is 353. The molecule has 2 amide bonds. The molecule has 1 saturated carbocycles. The van der Waals surface area contributed by atoms with Crippen molar-refractivity contribution >= 4 is 18.0 Å². The molecule has 7 heteroatoms. The topological polar surface area (TPSA) is 116 Å². The minimum Gasteiger partial charge on any atom is -0.481 e. The van der Waals surface area contributed by atoms with Crippen molar-refractivity contribution in [3.8, 4) is 0 Å². The molecule has 0 aromatic carbocycles. The molecule has 0 heterocycles. The summed E-state index contributed by atoms with van der Waals surface area (Å²) in [5, 5.41) is 22.1. The molecule has 0 aromatic heterocycles.